The molecule has 2 aromatic rings. The van der Waals surface area contributed by atoms with Gasteiger partial charge in [-0.1, -0.05) is 12.1 Å². The Labute approximate surface area is 170 Å². The van der Waals surface area contributed by atoms with E-state index in [2.05, 4.69) is 14.7 Å². The molecule has 0 bridgehead atoms. The fourth-order valence-electron chi connectivity index (χ4n) is 3.03. The number of sulfonamides is 1. The van der Waals surface area contributed by atoms with E-state index in [9.17, 15) is 26.4 Å². The molecule has 1 aromatic heterocycles. The number of nitrogens with zero attached hydrogens (tertiary/aromatic N) is 4. The first-order valence-electron chi connectivity index (χ1n) is 8.90. The Balaban J connectivity index is 1.47. The Bertz CT molecular complexity index is 984. The maximum Gasteiger partial charge on any atom is 0.573 e. The van der Waals surface area contributed by atoms with Gasteiger partial charge in [-0.3, -0.25) is 14.4 Å². The predicted octanol–water partition coefficient (Wildman–Crippen LogP) is 0.773. The van der Waals surface area contributed by atoms with Crippen LogP contribution in [0.15, 0.2) is 41.6 Å². The molecule has 1 aliphatic rings. The number of nitrogens with two attached hydrogens (primary N) is 1. The van der Waals surface area contributed by atoms with Crippen molar-refractivity contribution in [3.63, 3.8) is 0 Å². The number of alkyl halides is 3. The van der Waals surface area contributed by atoms with Crippen LogP contribution in [0.3, 0.4) is 0 Å². The number of ether oxygens (including phenoxy) is 1. The number of hydrogen-bond donors (Lipinski definition) is 1. The lowest BCUT2D eigenvalue weighted by Gasteiger charge is -2.34. The van der Waals surface area contributed by atoms with Gasteiger partial charge in [0.1, 0.15) is 17.2 Å². The zero-order valence-corrected chi connectivity index (χ0v) is 16.6. The summed E-state index contributed by atoms with van der Waals surface area (Å²) in [5, 5.41) is 8.86. The molecule has 1 amide bonds. The zero-order chi connectivity index (χ0) is 21.9. The summed E-state index contributed by atoms with van der Waals surface area (Å²) < 4.78 is 64.2. The lowest BCUT2D eigenvalue weighted by molar-refractivity contribution is -0.274. The summed E-state index contributed by atoms with van der Waals surface area (Å²) in [4.78, 5) is 16.0. The lowest BCUT2D eigenvalue weighted by atomic mass is 10.2. The van der Waals surface area contributed by atoms with Crippen LogP contribution in [0.4, 0.5) is 13.2 Å². The molecule has 13 heteroatoms. The Morgan fingerprint density at radius 3 is 2.30 bits per heavy atom. The summed E-state index contributed by atoms with van der Waals surface area (Å²) in [6, 6.07) is 5.67. The molecule has 1 fully saturated rings. The van der Waals surface area contributed by atoms with E-state index in [1.807, 2.05) is 0 Å². The Hall–Kier alpha value is -2.64. The minimum atomic E-state index is -4.72. The van der Waals surface area contributed by atoms with Gasteiger partial charge in [-0.05, 0) is 17.7 Å². The van der Waals surface area contributed by atoms with Gasteiger partial charge < -0.3 is 9.64 Å². The first-order valence-corrected chi connectivity index (χ1v) is 10.4. The van der Waals surface area contributed by atoms with Gasteiger partial charge in [-0.2, -0.15) is 5.10 Å². The van der Waals surface area contributed by atoms with Crippen LogP contribution in [0.5, 0.6) is 5.75 Å². The van der Waals surface area contributed by atoms with Gasteiger partial charge >= 0.3 is 6.36 Å². The van der Waals surface area contributed by atoms with E-state index in [0.29, 0.717) is 32.7 Å². The van der Waals surface area contributed by atoms with Crippen molar-refractivity contribution in [1.82, 2.24) is 19.6 Å². The van der Waals surface area contributed by atoms with Crippen molar-refractivity contribution < 1.29 is 31.1 Å². The predicted molar refractivity (Wildman–Crippen MR) is 98.6 cm³/mol. The SMILES string of the molecule is NS(=O)(=O)c1cnn(CC(=O)N2CCN(Cc3ccc(OC(F)(F)F)cc3)CC2)c1. The average Bonchev–Trinajstić information content (AvgIpc) is 3.12. The van der Waals surface area contributed by atoms with Crippen molar-refractivity contribution in [1.29, 1.82) is 0 Å². The Morgan fingerprint density at radius 2 is 1.77 bits per heavy atom. The summed E-state index contributed by atoms with van der Waals surface area (Å²) >= 11 is 0. The van der Waals surface area contributed by atoms with E-state index in [4.69, 9.17) is 5.14 Å². The van der Waals surface area contributed by atoms with E-state index < -0.39 is 16.4 Å². The van der Waals surface area contributed by atoms with E-state index in [0.717, 1.165) is 11.8 Å². The number of benzene rings is 1. The van der Waals surface area contributed by atoms with Gasteiger partial charge in [0, 0.05) is 38.9 Å². The molecule has 2 N–H and O–H groups in total. The fraction of sp³-hybridized carbons (Fsp3) is 0.412. The van der Waals surface area contributed by atoms with Gasteiger partial charge in [-0.15, -0.1) is 13.2 Å². The van der Waals surface area contributed by atoms with E-state index in [-0.39, 0.29) is 23.1 Å². The van der Waals surface area contributed by atoms with E-state index >= 15 is 0 Å². The first kappa shape index (κ1) is 22.1. The average molecular weight is 447 g/mol. The highest BCUT2D eigenvalue weighted by molar-refractivity contribution is 7.89. The lowest BCUT2D eigenvalue weighted by Crippen LogP contribution is -2.49. The molecule has 1 aromatic carbocycles. The number of carbonyl (C=O) groups excluding carboxylic acids is 1. The molecule has 0 atom stereocenters. The van der Waals surface area contributed by atoms with E-state index in [1.165, 1.54) is 23.0 Å². The molecule has 30 heavy (non-hydrogen) atoms. The van der Waals surface area contributed by atoms with Crippen LogP contribution >= 0.6 is 0 Å². The third-order valence-corrected chi connectivity index (χ3v) is 5.39. The standard InChI is InChI=1S/C17H20F3N5O4S/c18-17(19,20)29-14-3-1-13(2-4-14)10-23-5-7-24(8-6-23)16(26)12-25-11-15(9-22-25)30(21,27)28/h1-4,9,11H,5-8,10,12H2,(H2,21,27,28). The summed E-state index contributed by atoms with van der Waals surface area (Å²) in [6.45, 7) is 2.55. The fourth-order valence-corrected chi connectivity index (χ4v) is 3.49. The van der Waals surface area contributed by atoms with Crippen LogP contribution in [0.25, 0.3) is 0 Å². The highest BCUT2D eigenvalue weighted by Gasteiger charge is 2.31. The molecule has 9 nitrogen and oxygen atoms in total. The van der Waals surface area contributed by atoms with Crippen LogP contribution in [0.2, 0.25) is 0 Å². The van der Waals surface area contributed by atoms with Crippen molar-refractivity contribution >= 4 is 15.9 Å². The third kappa shape index (κ3) is 6.18. The molecule has 1 aliphatic heterocycles. The summed E-state index contributed by atoms with van der Waals surface area (Å²) in [5.41, 5.74) is 0.830. The minimum Gasteiger partial charge on any atom is -0.406 e. The van der Waals surface area contributed by atoms with Gasteiger partial charge in [-0.25, -0.2) is 13.6 Å². The van der Waals surface area contributed by atoms with Gasteiger partial charge in [0.25, 0.3) is 0 Å². The molecule has 1 saturated heterocycles. The normalized spacial score (nSPS) is 15.9. The highest BCUT2D eigenvalue weighted by Crippen LogP contribution is 2.23. The van der Waals surface area contributed by atoms with Gasteiger partial charge in [0.15, 0.2) is 0 Å². The van der Waals surface area contributed by atoms with Crippen molar-refractivity contribution in [3.8, 4) is 5.75 Å². The van der Waals surface area contributed by atoms with Crippen molar-refractivity contribution in [2.24, 2.45) is 5.14 Å². The molecule has 0 spiro atoms. The summed E-state index contributed by atoms with van der Waals surface area (Å²) in [5.74, 6) is -0.474. The van der Waals surface area contributed by atoms with Crippen LogP contribution in [0, 0.1) is 0 Å². The van der Waals surface area contributed by atoms with Crippen LogP contribution < -0.4 is 9.88 Å². The quantitative estimate of drug-likeness (QED) is 0.701. The Morgan fingerprint density at radius 1 is 1.13 bits per heavy atom. The number of hydrogen-bond acceptors (Lipinski definition) is 6. The van der Waals surface area contributed by atoms with Crippen molar-refractivity contribution in [2.45, 2.75) is 24.3 Å². The molecule has 0 radical (unpaired) electrons. The largest absolute Gasteiger partial charge is 0.573 e. The molecule has 164 valence electrons. The second-order valence-electron chi connectivity index (χ2n) is 6.77. The topological polar surface area (TPSA) is 111 Å². The monoisotopic (exact) mass is 447 g/mol. The smallest absolute Gasteiger partial charge is 0.406 e. The molecule has 3 rings (SSSR count). The minimum absolute atomic E-state index is 0.101. The summed E-state index contributed by atoms with van der Waals surface area (Å²) in [7, 11) is -3.87. The van der Waals surface area contributed by atoms with E-state index in [1.54, 1.807) is 17.0 Å². The maximum absolute atomic E-state index is 12.4. The number of aromatic nitrogens is 2. The number of amides is 1. The second-order valence-corrected chi connectivity index (χ2v) is 8.33. The highest BCUT2D eigenvalue weighted by atomic mass is 32.2. The van der Waals surface area contributed by atoms with Gasteiger partial charge in [0.05, 0.1) is 6.20 Å². The first-order chi connectivity index (χ1) is 14.0. The van der Waals surface area contributed by atoms with Crippen molar-refractivity contribution in [3.05, 3.63) is 42.2 Å². The zero-order valence-electron chi connectivity index (χ0n) is 15.7. The molecule has 0 aliphatic carbocycles. The van der Waals surface area contributed by atoms with Crippen molar-refractivity contribution in [2.75, 3.05) is 26.2 Å². The summed E-state index contributed by atoms with van der Waals surface area (Å²) in [6.07, 6.45) is -2.43. The molecular weight excluding hydrogens is 427 g/mol. The molecular formula is C17H20F3N5O4S. The third-order valence-electron chi connectivity index (χ3n) is 4.52. The second kappa shape index (κ2) is 8.62. The number of halogens is 3. The number of rotatable bonds is 6. The van der Waals surface area contributed by atoms with Gasteiger partial charge in [0.2, 0.25) is 15.9 Å². The molecule has 0 saturated carbocycles. The Kier molecular flexibility index (Phi) is 6.33. The van der Waals surface area contributed by atoms with Crippen LogP contribution in [-0.2, 0) is 27.9 Å². The number of carbonyl (C=O) groups is 1. The maximum atomic E-state index is 12.4. The van der Waals surface area contributed by atoms with Crippen LogP contribution in [0.1, 0.15) is 5.56 Å². The number of piperazine rings is 1. The number of primary sulfonamides is 1. The van der Waals surface area contributed by atoms with Crippen LogP contribution in [-0.4, -0.2) is 66.4 Å². The molecule has 2 heterocycles. The molecule has 0 unspecified atom stereocenters.